The molecule has 0 aromatic heterocycles. The van der Waals surface area contributed by atoms with Gasteiger partial charge < -0.3 is 15.4 Å². The van der Waals surface area contributed by atoms with E-state index in [9.17, 15) is 14.4 Å². The van der Waals surface area contributed by atoms with E-state index >= 15 is 0 Å². The van der Waals surface area contributed by atoms with Crippen LogP contribution in [0.5, 0.6) is 0 Å². The molecule has 154 valence electrons. The van der Waals surface area contributed by atoms with E-state index in [1.807, 2.05) is 32.0 Å². The lowest BCUT2D eigenvalue weighted by atomic mass is 9.79. The molecule has 2 aromatic carbocycles. The van der Waals surface area contributed by atoms with E-state index in [4.69, 9.17) is 4.74 Å². The summed E-state index contributed by atoms with van der Waals surface area (Å²) in [5, 5.41) is 5.89. The molecule has 3 aliphatic rings. The second kappa shape index (κ2) is 6.97. The Bertz CT molecular complexity index is 1040. The van der Waals surface area contributed by atoms with Crippen LogP contribution in [0.2, 0.25) is 0 Å². The fraction of sp³-hybridized carbons (Fsp3) is 0.375. The molecule has 3 fully saturated rings. The highest BCUT2D eigenvalue weighted by Gasteiger charge is 2.63. The molecule has 6 heteroatoms. The fourth-order valence-electron chi connectivity index (χ4n) is 5.52. The van der Waals surface area contributed by atoms with Gasteiger partial charge in [-0.2, -0.15) is 0 Å². The molecule has 5 rings (SSSR count). The van der Waals surface area contributed by atoms with Gasteiger partial charge in [-0.3, -0.25) is 14.4 Å². The number of carbonyl (C=O) groups excluding carboxylic acids is 3. The molecular formula is C24H24N2O4. The molecule has 0 spiro atoms. The monoisotopic (exact) mass is 404 g/mol. The third kappa shape index (κ3) is 2.98. The number of para-hydroxylation sites is 1. The van der Waals surface area contributed by atoms with E-state index in [-0.39, 0.29) is 47.6 Å². The second-order valence-corrected chi connectivity index (χ2v) is 8.71. The molecule has 1 aliphatic heterocycles. The molecule has 2 amide bonds. The summed E-state index contributed by atoms with van der Waals surface area (Å²) >= 11 is 0. The first-order chi connectivity index (χ1) is 14.4. The first-order valence-corrected chi connectivity index (χ1v) is 10.4. The van der Waals surface area contributed by atoms with E-state index in [0.717, 1.165) is 29.7 Å². The number of nitrogens with one attached hydrogen (secondary N) is 2. The summed E-state index contributed by atoms with van der Waals surface area (Å²) in [7, 11) is 0. The van der Waals surface area contributed by atoms with Crippen LogP contribution in [0.25, 0.3) is 0 Å². The van der Waals surface area contributed by atoms with Crippen molar-refractivity contribution in [2.75, 3.05) is 10.6 Å². The third-order valence-corrected chi connectivity index (χ3v) is 6.90. The highest BCUT2D eigenvalue weighted by atomic mass is 16.6. The van der Waals surface area contributed by atoms with Gasteiger partial charge in [0.15, 0.2) is 0 Å². The van der Waals surface area contributed by atoms with Crippen LogP contribution in [-0.4, -0.2) is 23.9 Å². The molecule has 2 aromatic rings. The molecule has 30 heavy (non-hydrogen) atoms. The summed E-state index contributed by atoms with van der Waals surface area (Å²) in [6.45, 7) is 3.90. The molecule has 1 saturated heterocycles. The predicted octanol–water partition coefficient (Wildman–Crippen LogP) is 3.69. The number of hydrogen-bond acceptors (Lipinski definition) is 4. The number of anilines is 2. The minimum atomic E-state index is -0.339. The molecule has 2 N–H and O–H groups in total. The van der Waals surface area contributed by atoms with Gasteiger partial charge in [-0.05, 0) is 61.9 Å². The highest BCUT2D eigenvalue weighted by molar-refractivity contribution is 6.06. The van der Waals surface area contributed by atoms with Gasteiger partial charge in [0.25, 0.3) is 5.91 Å². The summed E-state index contributed by atoms with van der Waals surface area (Å²) in [4.78, 5) is 37.9. The van der Waals surface area contributed by atoms with E-state index in [0.29, 0.717) is 11.3 Å². The molecule has 0 unspecified atom stereocenters. The summed E-state index contributed by atoms with van der Waals surface area (Å²) in [6, 6.07) is 12.8. The number of esters is 1. The Labute approximate surface area is 175 Å². The van der Waals surface area contributed by atoms with Crippen molar-refractivity contribution in [1.82, 2.24) is 0 Å². The SMILES string of the molecule is Cc1cccc(C)c1NC(=O)c1cccc(NC(=O)[C@@H]2[C@@H]3C[C@@H]4[C@@H]2C(=O)O[C@H]4C3)c1. The molecule has 6 nitrogen and oxygen atoms in total. The standard InChI is InChI=1S/C24H24N2O4/c1-12-5-3-6-13(2)21(12)26-22(27)14-7-4-8-16(9-14)25-23(28)19-15-10-17-18(11-15)30-24(29)20(17)19/h3-9,15,17-20H,10-11H2,1-2H3,(H,25,28)(H,26,27)/t15-,17+,18+,19-,20+/m1/s1. The van der Waals surface area contributed by atoms with Gasteiger partial charge in [0.05, 0.1) is 11.8 Å². The number of aryl methyl sites for hydroxylation is 2. The minimum absolute atomic E-state index is 0.00785. The number of hydrogen-bond donors (Lipinski definition) is 2. The van der Waals surface area contributed by atoms with Crippen molar-refractivity contribution in [3.63, 3.8) is 0 Å². The maximum atomic E-state index is 13.0. The topological polar surface area (TPSA) is 84.5 Å². The van der Waals surface area contributed by atoms with Crippen molar-refractivity contribution in [3.05, 3.63) is 59.2 Å². The lowest BCUT2D eigenvalue weighted by molar-refractivity contribution is -0.145. The Balaban J connectivity index is 1.31. The lowest BCUT2D eigenvalue weighted by Crippen LogP contribution is -2.35. The Morgan fingerprint density at radius 3 is 2.50 bits per heavy atom. The molecule has 2 aliphatic carbocycles. The third-order valence-electron chi connectivity index (χ3n) is 6.90. The molecule has 0 radical (unpaired) electrons. The Hall–Kier alpha value is -3.15. The van der Waals surface area contributed by atoms with Gasteiger partial charge in [-0.25, -0.2) is 0 Å². The van der Waals surface area contributed by atoms with Gasteiger partial charge in [-0.15, -0.1) is 0 Å². The zero-order chi connectivity index (χ0) is 21.0. The largest absolute Gasteiger partial charge is 0.462 e. The van der Waals surface area contributed by atoms with Crippen LogP contribution in [0.3, 0.4) is 0 Å². The van der Waals surface area contributed by atoms with Crippen LogP contribution in [0.15, 0.2) is 42.5 Å². The molecule has 1 heterocycles. The number of rotatable bonds is 4. The van der Waals surface area contributed by atoms with Gasteiger partial charge in [0.1, 0.15) is 6.10 Å². The van der Waals surface area contributed by atoms with E-state index in [2.05, 4.69) is 10.6 Å². The average Bonchev–Trinajstić information content (AvgIpc) is 3.33. The van der Waals surface area contributed by atoms with E-state index in [1.54, 1.807) is 24.3 Å². The smallest absolute Gasteiger partial charge is 0.310 e. The van der Waals surface area contributed by atoms with Crippen molar-refractivity contribution in [3.8, 4) is 0 Å². The first kappa shape index (κ1) is 18.9. The maximum absolute atomic E-state index is 13.0. The fourth-order valence-corrected chi connectivity index (χ4v) is 5.52. The normalized spacial score (nSPS) is 28.3. The van der Waals surface area contributed by atoms with Crippen LogP contribution in [0.1, 0.15) is 34.3 Å². The van der Waals surface area contributed by atoms with E-state index < -0.39 is 0 Å². The summed E-state index contributed by atoms with van der Waals surface area (Å²) in [5.74, 6) is -0.882. The Morgan fingerprint density at radius 1 is 1.00 bits per heavy atom. The number of fused-ring (bicyclic) bond motifs is 1. The molecule has 2 saturated carbocycles. The van der Waals surface area contributed by atoms with Crippen molar-refractivity contribution < 1.29 is 19.1 Å². The van der Waals surface area contributed by atoms with Gasteiger partial charge in [0, 0.05) is 22.9 Å². The van der Waals surface area contributed by atoms with Gasteiger partial charge in [0.2, 0.25) is 5.91 Å². The van der Waals surface area contributed by atoms with Crippen molar-refractivity contribution >= 4 is 29.2 Å². The van der Waals surface area contributed by atoms with Crippen LogP contribution in [0, 0.1) is 37.5 Å². The number of amides is 2. The van der Waals surface area contributed by atoms with Crippen LogP contribution in [-0.2, 0) is 14.3 Å². The average molecular weight is 404 g/mol. The van der Waals surface area contributed by atoms with E-state index in [1.165, 1.54) is 0 Å². The van der Waals surface area contributed by atoms with Crippen LogP contribution in [0.4, 0.5) is 11.4 Å². The maximum Gasteiger partial charge on any atom is 0.310 e. The minimum Gasteiger partial charge on any atom is -0.462 e. The van der Waals surface area contributed by atoms with Crippen LogP contribution < -0.4 is 10.6 Å². The van der Waals surface area contributed by atoms with Gasteiger partial charge in [-0.1, -0.05) is 24.3 Å². The van der Waals surface area contributed by atoms with Crippen molar-refractivity contribution in [1.29, 1.82) is 0 Å². The predicted molar refractivity (Wildman–Crippen MR) is 112 cm³/mol. The molecule has 5 atom stereocenters. The summed E-state index contributed by atoms with van der Waals surface area (Å²) in [5.41, 5.74) is 3.80. The van der Waals surface area contributed by atoms with Crippen molar-refractivity contribution in [2.45, 2.75) is 32.8 Å². The molecule has 2 bridgehead atoms. The quantitative estimate of drug-likeness (QED) is 0.761. The lowest BCUT2D eigenvalue weighted by Gasteiger charge is -2.23. The molecular weight excluding hydrogens is 380 g/mol. The summed E-state index contributed by atoms with van der Waals surface area (Å²) < 4.78 is 5.42. The van der Waals surface area contributed by atoms with Gasteiger partial charge >= 0.3 is 5.97 Å². The van der Waals surface area contributed by atoms with Crippen LogP contribution >= 0.6 is 0 Å². The number of carbonyl (C=O) groups is 3. The Morgan fingerprint density at radius 2 is 1.73 bits per heavy atom. The zero-order valence-corrected chi connectivity index (χ0v) is 17.0. The second-order valence-electron chi connectivity index (χ2n) is 8.71. The number of ether oxygens (including phenoxy) is 1. The first-order valence-electron chi connectivity index (χ1n) is 10.4. The zero-order valence-electron chi connectivity index (χ0n) is 17.0. The highest BCUT2D eigenvalue weighted by Crippen LogP contribution is 2.57. The Kier molecular flexibility index (Phi) is 4.38. The summed E-state index contributed by atoms with van der Waals surface area (Å²) in [6.07, 6.45) is 1.68. The number of benzene rings is 2. The van der Waals surface area contributed by atoms with Crippen molar-refractivity contribution in [2.24, 2.45) is 23.7 Å².